The minimum atomic E-state index is 0.604. The van der Waals surface area contributed by atoms with Gasteiger partial charge in [0.1, 0.15) is 0 Å². The molecule has 0 aliphatic rings. The molecule has 0 saturated heterocycles. The monoisotopic (exact) mass is 401 g/mol. The van der Waals surface area contributed by atoms with Crippen molar-refractivity contribution < 1.29 is 0 Å². The van der Waals surface area contributed by atoms with Crippen LogP contribution in [0.3, 0.4) is 0 Å². The molecule has 3 rings (SSSR count). The van der Waals surface area contributed by atoms with Crippen molar-refractivity contribution in [3.63, 3.8) is 0 Å². The average Bonchev–Trinajstić information content (AvgIpc) is 2.91. The molecule has 142 valence electrons. The van der Waals surface area contributed by atoms with Crippen LogP contribution in [0.15, 0.2) is 48.5 Å². The Bertz CT molecular complexity index is 975. The van der Waals surface area contributed by atoms with E-state index < -0.39 is 0 Å². The first-order valence-electron chi connectivity index (χ1n) is 8.70. The van der Waals surface area contributed by atoms with Crippen LogP contribution in [0.2, 0.25) is 5.02 Å². The number of halogens is 1. The molecule has 3 aromatic rings. The van der Waals surface area contributed by atoms with E-state index in [1.807, 2.05) is 54.7 Å². The Labute approximate surface area is 170 Å². The summed E-state index contributed by atoms with van der Waals surface area (Å²) in [7, 11) is 8.07. The maximum absolute atomic E-state index is 6.33. The van der Waals surface area contributed by atoms with Crippen LogP contribution in [-0.2, 0) is 20.3 Å². The summed E-state index contributed by atoms with van der Waals surface area (Å²) in [5, 5.41) is 5.37. The molecule has 2 aromatic carbocycles. The van der Waals surface area contributed by atoms with Crippen molar-refractivity contribution in [1.82, 2.24) is 19.2 Å². The van der Waals surface area contributed by atoms with Crippen molar-refractivity contribution >= 4 is 29.5 Å². The molecule has 5 nitrogen and oxygen atoms in total. The molecule has 0 fully saturated rings. The number of aromatic nitrogens is 3. The van der Waals surface area contributed by atoms with Gasteiger partial charge in [-0.05, 0) is 49.1 Å². The second kappa shape index (κ2) is 8.25. The van der Waals surface area contributed by atoms with Gasteiger partial charge in [-0.25, -0.2) is 4.68 Å². The number of hydrogen-bond acceptors (Lipinski definition) is 4. The van der Waals surface area contributed by atoms with Gasteiger partial charge in [-0.15, -0.1) is 0 Å². The average molecular weight is 402 g/mol. The highest BCUT2D eigenvalue weighted by Gasteiger charge is 2.13. The Morgan fingerprint density at radius 3 is 2.33 bits per heavy atom. The van der Waals surface area contributed by atoms with Crippen LogP contribution < -0.4 is 4.90 Å². The Balaban J connectivity index is 1.77. The third kappa shape index (κ3) is 4.40. The zero-order valence-electron chi connectivity index (χ0n) is 16.1. The van der Waals surface area contributed by atoms with Gasteiger partial charge >= 0.3 is 0 Å². The third-order valence-corrected chi connectivity index (χ3v) is 5.25. The lowest BCUT2D eigenvalue weighted by Gasteiger charge is -2.18. The highest BCUT2D eigenvalue weighted by atomic mass is 35.5. The van der Waals surface area contributed by atoms with Crippen LogP contribution in [0, 0.1) is 4.77 Å². The Hall–Kier alpha value is -2.15. The number of hydrogen-bond donors (Lipinski definition) is 0. The van der Waals surface area contributed by atoms with Gasteiger partial charge in [-0.1, -0.05) is 35.9 Å². The van der Waals surface area contributed by atoms with Gasteiger partial charge in [0.15, 0.2) is 10.6 Å². The molecule has 0 N–H and O–H groups in total. The highest BCUT2D eigenvalue weighted by molar-refractivity contribution is 7.71. The van der Waals surface area contributed by atoms with Gasteiger partial charge in [-0.2, -0.15) is 5.10 Å². The smallest absolute Gasteiger partial charge is 0.199 e. The normalized spacial score (nSPS) is 11.2. The SMILES string of the molecule is CN(Cc1ccc(N(C)C)cc1)Cn1nc(-c2ccccc2Cl)n(C)c1=S. The second-order valence-electron chi connectivity index (χ2n) is 6.86. The lowest BCUT2D eigenvalue weighted by molar-refractivity contribution is 0.244. The summed E-state index contributed by atoms with van der Waals surface area (Å²) in [4.78, 5) is 4.28. The van der Waals surface area contributed by atoms with Crippen LogP contribution in [-0.4, -0.2) is 40.4 Å². The number of rotatable bonds is 6. The Kier molecular flexibility index (Phi) is 5.99. The van der Waals surface area contributed by atoms with Crippen molar-refractivity contribution in [2.24, 2.45) is 7.05 Å². The van der Waals surface area contributed by atoms with Crippen molar-refractivity contribution in [3.8, 4) is 11.4 Å². The van der Waals surface area contributed by atoms with Crippen molar-refractivity contribution in [2.75, 3.05) is 26.0 Å². The van der Waals surface area contributed by atoms with E-state index in [2.05, 4.69) is 41.1 Å². The van der Waals surface area contributed by atoms with Crippen molar-refractivity contribution in [2.45, 2.75) is 13.2 Å². The molecule has 0 bridgehead atoms. The highest BCUT2D eigenvalue weighted by Crippen LogP contribution is 2.26. The summed E-state index contributed by atoms with van der Waals surface area (Å²) in [5.41, 5.74) is 3.32. The van der Waals surface area contributed by atoms with Crippen LogP contribution >= 0.6 is 23.8 Å². The number of anilines is 1. The van der Waals surface area contributed by atoms with Crippen molar-refractivity contribution in [3.05, 3.63) is 63.9 Å². The van der Waals surface area contributed by atoms with Crippen LogP contribution in [0.5, 0.6) is 0 Å². The summed E-state index contributed by atoms with van der Waals surface area (Å²) in [6, 6.07) is 16.2. The van der Waals surface area contributed by atoms with E-state index >= 15 is 0 Å². The molecule has 1 aromatic heterocycles. The maximum Gasteiger partial charge on any atom is 0.199 e. The molecule has 1 heterocycles. The predicted octanol–water partition coefficient (Wildman–Crippen LogP) is 4.43. The zero-order valence-corrected chi connectivity index (χ0v) is 17.6. The Morgan fingerprint density at radius 1 is 1.04 bits per heavy atom. The molecule has 0 aliphatic carbocycles. The van der Waals surface area contributed by atoms with E-state index in [0.29, 0.717) is 16.5 Å². The predicted molar refractivity (Wildman–Crippen MR) is 115 cm³/mol. The molecule has 27 heavy (non-hydrogen) atoms. The van der Waals surface area contributed by atoms with Gasteiger partial charge in [0.05, 0.1) is 11.7 Å². The summed E-state index contributed by atoms with van der Waals surface area (Å²) in [6.07, 6.45) is 0. The second-order valence-corrected chi connectivity index (χ2v) is 7.63. The van der Waals surface area contributed by atoms with Gasteiger partial charge < -0.3 is 9.47 Å². The van der Waals surface area contributed by atoms with Crippen LogP contribution in [0.1, 0.15) is 5.56 Å². The van der Waals surface area contributed by atoms with Gasteiger partial charge in [-0.3, -0.25) is 4.90 Å². The summed E-state index contributed by atoms with van der Waals surface area (Å²) < 4.78 is 4.40. The molecule has 0 aliphatic heterocycles. The molecule has 0 unspecified atom stereocenters. The fourth-order valence-electron chi connectivity index (χ4n) is 2.95. The molecule has 0 radical (unpaired) electrons. The fourth-order valence-corrected chi connectivity index (χ4v) is 3.35. The van der Waals surface area contributed by atoms with Gasteiger partial charge in [0.2, 0.25) is 0 Å². The standard InChI is InChI=1S/C20H24ClN5S/c1-23(2)16-11-9-15(10-12-16)13-24(3)14-26-20(27)25(4)19(22-26)17-7-5-6-8-18(17)21/h5-12H,13-14H2,1-4H3. The van der Waals surface area contributed by atoms with E-state index in [-0.39, 0.29) is 0 Å². The quantitative estimate of drug-likeness (QED) is 0.571. The van der Waals surface area contributed by atoms with Gasteiger partial charge in [0, 0.05) is 38.9 Å². The summed E-state index contributed by atoms with van der Waals surface area (Å²) in [5.74, 6) is 0.773. The maximum atomic E-state index is 6.33. The Morgan fingerprint density at radius 2 is 1.70 bits per heavy atom. The van der Waals surface area contributed by atoms with Crippen LogP contribution in [0.4, 0.5) is 5.69 Å². The van der Waals surface area contributed by atoms with E-state index in [9.17, 15) is 0 Å². The van der Waals surface area contributed by atoms with E-state index in [1.54, 1.807) is 0 Å². The van der Waals surface area contributed by atoms with Gasteiger partial charge in [0.25, 0.3) is 0 Å². The molecule has 0 atom stereocenters. The number of benzene rings is 2. The molecule has 7 heteroatoms. The lowest BCUT2D eigenvalue weighted by atomic mass is 10.2. The minimum Gasteiger partial charge on any atom is -0.378 e. The largest absolute Gasteiger partial charge is 0.378 e. The minimum absolute atomic E-state index is 0.604. The third-order valence-electron chi connectivity index (χ3n) is 4.44. The molecule has 0 spiro atoms. The first-order valence-corrected chi connectivity index (χ1v) is 9.49. The molecule has 0 amide bonds. The zero-order chi connectivity index (χ0) is 19.6. The lowest BCUT2D eigenvalue weighted by Crippen LogP contribution is -2.22. The van der Waals surface area contributed by atoms with E-state index in [0.717, 1.165) is 17.9 Å². The molecule has 0 saturated carbocycles. The van der Waals surface area contributed by atoms with Crippen molar-refractivity contribution in [1.29, 1.82) is 0 Å². The summed E-state index contributed by atoms with van der Waals surface area (Å²) in [6.45, 7) is 1.42. The molecular formula is C20H24ClN5S. The molecular weight excluding hydrogens is 378 g/mol. The number of nitrogens with zero attached hydrogens (tertiary/aromatic N) is 5. The first kappa shape index (κ1) is 19.6. The van der Waals surface area contributed by atoms with E-state index in [4.69, 9.17) is 28.9 Å². The van der Waals surface area contributed by atoms with E-state index in [1.165, 1.54) is 11.3 Å². The van der Waals surface area contributed by atoms with Crippen LogP contribution in [0.25, 0.3) is 11.4 Å². The topological polar surface area (TPSA) is 29.2 Å². The fraction of sp³-hybridized carbons (Fsp3) is 0.300. The first-order chi connectivity index (χ1) is 12.9. The summed E-state index contributed by atoms with van der Waals surface area (Å²) >= 11 is 11.9.